The minimum atomic E-state index is -3.26. The van der Waals surface area contributed by atoms with Crippen molar-refractivity contribution in [1.29, 1.82) is 0 Å². The largest absolute Gasteiger partial charge is 0.397 e. The van der Waals surface area contributed by atoms with E-state index >= 15 is 0 Å². The molecule has 0 amide bonds. The Balaban J connectivity index is 3.10. The topological polar surface area (TPSA) is 63.4 Å². The van der Waals surface area contributed by atoms with Crippen LogP contribution in [0.5, 0.6) is 0 Å². The first-order chi connectivity index (χ1) is 7.38. The molecule has 0 heterocycles. The van der Waals surface area contributed by atoms with Gasteiger partial charge in [-0.2, -0.15) is 0 Å². The molecule has 90 valence electrons. The highest BCUT2D eigenvalue weighted by Gasteiger charge is 2.18. The van der Waals surface area contributed by atoms with Crippen LogP contribution in [0.4, 0.5) is 11.4 Å². The first kappa shape index (κ1) is 13.3. The van der Waals surface area contributed by atoms with Crippen molar-refractivity contribution >= 4 is 37.3 Å². The van der Waals surface area contributed by atoms with Crippen LogP contribution >= 0.6 is 15.9 Å². The third-order valence-corrected chi connectivity index (χ3v) is 4.66. The highest BCUT2D eigenvalue weighted by atomic mass is 79.9. The molecule has 1 rings (SSSR count). The van der Waals surface area contributed by atoms with E-state index in [2.05, 4.69) is 15.9 Å². The van der Waals surface area contributed by atoms with Crippen LogP contribution < -0.4 is 10.0 Å². The number of hydrogen-bond acceptors (Lipinski definition) is 3. The third-order valence-electron chi connectivity index (χ3n) is 2.21. The van der Waals surface area contributed by atoms with Crippen molar-refractivity contribution in [3.63, 3.8) is 0 Å². The van der Waals surface area contributed by atoms with Gasteiger partial charge >= 0.3 is 0 Å². The molecule has 2 N–H and O–H groups in total. The lowest BCUT2D eigenvalue weighted by Crippen LogP contribution is -2.29. The van der Waals surface area contributed by atoms with E-state index in [1.807, 2.05) is 6.92 Å². The number of benzene rings is 1. The average molecular weight is 307 g/mol. The fourth-order valence-corrected chi connectivity index (χ4v) is 2.99. The predicted molar refractivity (Wildman–Crippen MR) is 71.0 cm³/mol. The summed E-state index contributed by atoms with van der Waals surface area (Å²) >= 11 is 3.28. The van der Waals surface area contributed by atoms with Crippen LogP contribution in [0.2, 0.25) is 0 Å². The van der Waals surface area contributed by atoms with E-state index in [9.17, 15) is 8.42 Å². The summed E-state index contributed by atoms with van der Waals surface area (Å²) in [7, 11) is -1.74. The second-order valence-corrected chi connectivity index (χ2v) is 6.52. The van der Waals surface area contributed by atoms with Crippen molar-refractivity contribution in [2.24, 2.45) is 0 Å². The smallest absolute Gasteiger partial charge is 0.234 e. The normalized spacial score (nSPS) is 11.4. The maximum absolute atomic E-state index is 11.8. The molecule has 0 saturated heterocycles. The van der Waals surface area contributed by atoms with Crippen LogP contribution in [0, 0.1) is 0 Å². The Bertz CT molecular complexity index is 474. The maximum Gasteiger partial charge on any atom is 0.234 e. The average Bonchev–Trinajstić information content (AvgIpc) is 2.16. The molecule has 0 aliphatic carbocycles. The van der Waals surface area contributed by atoms with Gasteiger partial charge in [0.25, 0.3) is 0 Å². The summed E-state index contributed by atoms with van der Waals surface area (Å²) in [6, 6.07) is 5.14. The lowest BCUT2D eigenvalue weighted by molar-refractivity contribution is 0.593. The molecule has 6 heteroatoms. The van der Waals surface area contributed by atoms with E-state index in [0.717, 1.165) is 4.47 Å². The van der Waals surface area contributed by atoms with E-state index < -0.39 is 10.0 Å². The minimum absolute atomic E-state index is 0.124. The van der Waals surface area contributed by atoms with Gasteiger partial charge in [0.15, 0.2) is 0 Å². The van der Waals surface area contributed by atoms with Gasteiger partial charge in [0.05, 0.1) is 17.1 Å². The van der Waals surface area contributed by atoms with E-state index in [-0.39, 0.29) is 5.75 Å². The Hall–Kier alpha value is -0.750. The second kappa shape index (κ2) is 5.05. The van der Waals surface area contributed by atoms with Gasteiger partial charge in [0.2, 0.25) is 10.0 Å². The molecule has 0 unspecified atom stereocenters. The van der Waals surface area contributed by atoms with E-state index in [1.54, 1.807) is 18.2 Å². The number of nitrogens with two attached hydrogens (primary N) is 1. The molecule has 0 aliphatic heterocycles. The molecule has 0 atom stereocenters. The number of nitrogen functional groups attached to an aromatic ring is 1. The molecule has 1 aromatic carbocycles. The summed E-state index contributed by atoms with van der Waals surface area (Å²) in [6.45, 7) is 1.83. The quantitative estimate of drug-likeness (QED) is 0.867. The van der Waals surface area contributed by atoms with Crippen molar-refractivity contribution in [3.8, 4) is 0 Å². The number of rotatable bonds is 4. The van der Waals surface area contributed by atoms with Gasteiger partial charge in [-0.1, -0.05) is 22.9 Å². The van der Waals surface area contributed by atoms with Gasteiger partial charge < -0.3 is 5.73 Å². The summed E-state index contributed by atoms with van der Waals surface area (Å²) < 4.78 is 25.7. The van der Waals surface area contributed by atoms with Crippen molar-refractivity contribution in [1.82, 2.24) is 0 Å². The van der Waals surface area contributed by atoms with Crippen molar-refractivity contribution in [2.45, 2.75) is 13.3 Å². The molecule has 0 spiro atoms. The van der Waals surface area contributed by atoms with Crippen molar-refractivity contribution < 1.29 is 8.42 Å². The molecule has 0 bridgehead atoms. The zero-order chi connectivity index (χ0) is 12.3. The van der Waals surface area contributed by atoms with E-state index in [0.29, 0.717) is 17.8 Å². The second-order valence-electron chi connectivity index (χ2n) is 3.49. The Morgan fingerprint density at radius 1 is 1.44 bits per heavy atom. The number of halogens is 1. The summed E-state index contributed by atoms with van der Waals surface area (Å²) in [5, 5.41) is 0. The molecule has 16 heavy (non-hydrogen) atoms. The molecule has 0 aromatic heterocycles. The molecule has 4 nitrogen and oxygen atoms in total. The monoisotopic (exact) mass is 306 g/mol. The first-order valence-electron chi connectivity index (χ1n) is 4.90. The fraction of sp³-hybridized carbons (Fsp3) is 0.400. The van der Waals surface area contributed by atoms with Gasteiger partial charge in [-0.3, -0.25) is 4.31 Å². The van der Waals surface area contributed by atoms with E-state index in [4.69, 9.17) is 5.73 Å². The molecule has 0 radical (unpaired) electrons. The van der Waals surface area contributed by atoms with Crippen LogP contribution in [0.3, 0.4) is 0 Å². The third kappa shape index (κ3) is 2.89. The van der Waals surface area contributed by atoms with Gasteiger partial charge in [0, 0.05) is 11.5 Å². The minimum Gasteiger partial charge on any atom is -0.397 e. The number of anilines is 2. The summed E-state index contributed by atoms with van der Waals surface area (Å²) in [6.07, 6.45) is 0.586. The maximum atomic E-state index is 11.8. The number of sulfonamides is 1. The highest BCUT2D eigenvalue weighted by molar-refractivity contribution is 9.10. The van der Waals surface area contributed by atoms with Crippen LogP contribution in [0.1, 0.15) is 13.3 Å². The molecule has 0 aliphatic rings. The Kier molecular flexibility index (Phi) is 4.21. The van der Waals surface area contributed by atoms with Crippen LogP contribution in [-0.4, -0.2) is 21.2 Å². The summed E-state index contributed by atoms with van der Waals surface area (Å²) in [5.41, 5.74) is 6.73. The fourth-order valence-electron chi connectivity index (χ4n) is 1.36. The van der Waals surface area contributed by atoms with Crippen molar-refractivity contribution in [3.05, 3.63) is 22.7 Å². The Morgan fingerprint density at radius 2 is 2.06 bits per heavy atom. The van der Waals surface area contributed by atoms with Gasteiger partial charge in [-0.05, 0) is 24.6 Å². The predicted octanol–water partition coefficient (Wildman–Crippen LogP) is 2.21. The molecular formula is C10H15BrN2O2S. The zero-order valence-electron chi connectivity index (χ0n) is 9.27. The lowest BCUT2D eigenvalue weighted by atomic mass is 10.3. The Morgan fingerprint density at radius 3 is 2.56 bits per heavy atom. The summed E-state index contributed by atoms with van der Waals surface area (Å²) in [4.78, 5) is 0. The molecule has 0 saturated carbocycles. The van der Waals surface area contributed by atoms with Crippen molar-refractivity contribution in [2.75, 3.05) is 22.8 Å². The summed E-state index contributed by atoms with van der Waals surface area (Å²) in [5.74, 6) is 0.124. The Labute approximate surface area is 105 Å². The molecule has 1 aromatic rings. The first-order valence-corrected chi connectivity index (χ1v) is 7.30. The van der Waals surface area contributed by atoms with E-state index in [1.165, 1.54) is 11.4 Å². The molecule has 0 fully saturated rings. The zero-order valence-corrected chi connectivity index (χ0v) is 11.7. The van der Waals surface area contributed by atoms with Gasteiger partial charge in [-0.25, -0.2) is 8.42 Å². The highest BCUT2D eigenvalue weighted by Crippen LogP contribution is 2.27. The van der Waals surface area contributed by atoms with Gasteiger partial charge in [0.1, 0.15) is 0 Å². The number of hydrogen-bond donors (Lipinski definition) is 1. The number of nitrogens with zero attached hydrogens (tertiary/aromatic N) is 1. The van der Waals surface area contributed by atoms with Crippen LogP contribution in [-0.2, 0) is 10.0 Å². The standard InChI is InChI=1S/C10H15BrN2O2S/c1-3-6-16(14,15)13(2)10-5-4-8(11)7-9(10)12/h4-5,7H,3,6,12H2,1-2H3. The lowest BCUT2D eigenvalue weighted by Gasteiger charge is -2.20. The van der Waals surface area contributed by atoms with Crippen LogP contribution in [0.25, 0.3) is 0 Å². The van der Waals surface area contributed by atoms with Crippen LogP contribution in [0.15, 0.2) is 22.7 Å². The molecular weight excluding hydrogens is 292 g/mol. The SMILES string of the molecule is CCCS(=O)(=O)N(C)c1ccc(Br)cc1N. The van der Waals surface area contributed by atoms with Gasteiger partial charge in [-0.15, -0.1) is 0 Å².